The van der Waals surface area contributed by atoms with E-state index in [-0.39, 0.29) is 0 Å². The number of rotatable bonds is 5. The molecule has 4 heterocycles. The van der Waals surface area contributed by atoms with Crippen molar-refractivity contribution in [1.29, 1.82) is 0 Å². The number of hydrogen-bond acceptors (Lipinski definition) is 4. The smallest absolute Gasteiger partial charge is 0.180 e. The van der Waals surface area contributed by atoms with Crippen molar-refractivity contribution in [1.82, 2.24) is 14.5 Å². The van der Waals surface area contributed by atoms with Crippen molar-refractivity contribution in [2.45, 2.75) is 0 Å². The highest BCUT2D eigenvalue weighted by Gasteiger charge is 2.20. The maximum absolute atomic E-state index is 6.63. The first kappa shape index (κ1) is 32.0. The third-order valence-corrected chi connectivity index (χ3v) is 12.5. The second-order valence-electron chi connectivity index (χ2n) is 14.6. The molecule has 12 rings (SSSR count). The van der Waals surface area contributed by atoms with E-state index in [9.17, 15) is 0 Å². The fourth-order valence-corrected chi connectivity index (χ4v) is 9.76. The zero-order valence-corrected chi connectivity index (χ0v) is 31.4. The molecular formula is C52H31N3OS. The molecule has 4 aromatic heterocycles. The molecule has 8 aromatic carbocycles. The highest BCUT2D eigenvalue weighted by atomic mass is 32.1. The van der Waals surface area contributed by atoms with Crippen LogP contribution >= 0.6 is 11.3 Å². The van der Waals surface area contributed by atoms with E-state index in [1.54, 1.807) is 6.33 Å². The average molecular weight is 746 g/mol. The minimum atomic E-state index is 0.700. The molecule has 0 amide bonds. The first-order valence-electron chi connectivity index (χ1n) is 19.1. The van der Waals surface area contributed by atoms with Gasteiger partial charge in [0.25, 0.3) is 0 Å². The van der Waals surface area contributed by atoms with Crippen molar-refractivity contribution >= 4 is 75.4 Å². The van der Waals surface area contributed by atoms with Gasteiger partial charge in [0.2, 0.25) is 0 Å². The number of para-hydroxylation sites is 2. The molecule has 57 heavy (non-hydrogen) atoms. The van der Waals surface area contributed by atoms with E-state index < -0.39 is 0 Å². The molecule has 0 saturated carbocycles. The summed E-state index contributed by atoms with van der Waals surface area (Å²) in [7, 11) is 0. The lowest BCUT2D eigenvalue weighted by Gasteiger charge is -2.09. The zero-order valence-electron chi connectivity index (χ0n) is 30.6. The summed E-state index contributed by atoms with van der Waals surface area (Å²) in [6.07, 6.45) is 1.67. The zero-order chi connectivity index (χ0) is 37.5. The van der Waals surface area contributed by atoms with Gasteiger partial charge >= 0.3 is 0 Å². The minimum absolute atomic E-state index is 0.700. The molecule has 0 radical (unpaired) electrons. The van der Waals surface area contributed by atoms with Crippen LogP contribution in [0.4, 0.5) is 0 Å². The summed E-state index contributed by atoms with van der Waals surface area (Å²) in [5.41, 5.74) is 14.7. The third kappa shape index (κ3) is 5.06. The molecule has 5 heteroatoms. The largest absolute Gasteiger partial charge is 0.452 e. The van der Waals surface area contributed by atoms with Crippen molar-refractivity contribution < 1.29 is 4.42 Å². The predicted octanol–water partition coefficient (Wildman–Crippen LogP) is 14.5. The van der Waals surface area contributed by atoms with Crippen LogP contribution in [0.3, 0.4) is 0 Å². The molecule has 0 aliphatic heterocycles. The molecular weight excluding hydrogens is 715 g/mol. The van der Waals surface area contributed by atoms with Gasteiger partial charge in [-0.1, -0.05) is 127 Å². The van der Waals surface area contributed by atoms with Crippen molar-refractivity contribution in [2.24, 2.45) is 0 Å². The normalized spacial score (nSPS) is 11.9. The Morgan fingerprint density at radius 1 is 0.439 bits per heavy atom. The number of nitrogens with zero attached hydrogens (tertiary/aromatic N) is 3. The number of fused-ring (bicyclic) bond motifs is 9. The fraction of sp³-hybridized carbons (Fsp3) is 0. The van der Waals surface area contributed by atoms with Gasteiger partial charge in [-0.3, -0.25) is 0 Å². The van der Waals surface area contributed by atoms with E-state index in [1.807, 2.05) is 17.4 Å². The van der Waals surface area contributed by atoms with Crippen molar-refractivity contribution in [3.05, 3.63) is 188 Å². The standard InChI is InChI=1S/C52H31N3OS/c1-3-10-32(11-4-1)33-18-20-34(21-19-33)35-23-26-46-42(28-35)51-52(56-46)50(53-31-54-51)41-15-9-17-48-49(41)43-29-36(24-27-47(43)57-48)37-22-25-40-39-14-7-8-16-44(39)55(45(40)30-37)38-12-5-2-6-13-38/h1-31H. The van der Waals surface area contributed by atoms with E-state index >= 15 is 0 Å². The molecule has 0 bridgehead atoms. The van der Waals surface area contributed by atoms with Crippen LogP contribution in [0.5, 0.6) is 0 Å². The van der Waals surface area contributed by atoms with E-state index in [1.165, 1.54) is 64.2 Å². The Bertz CT molecular complexity index is 3510. The van der Waals surface area contributed by atoms with Gasteiger partial charge in [0.05, 0.1) is 11.0 Å². The van der Waals surface area contributed by atoms with Crippen LogP contribution in [-0.4, -0.2) is 14.5 Å². The summed E-state index contributed by atoms with van der Waals surface area (Å²) in [6.45, 7) is 0. The van der Waals surface area contributed by atoms with E-state index in [4.69, 9.17) is 14.4 Å². The minimum Gasteiger partial charge on any atom is -0.452 e. The lowest BCUT2D eigenvalue weighted by molar-refractivity contribution is 0.667. The van der Waals surface area contributed by atoms with E-state index in [2.05, 4.69) is 180 Å². The van der Waals surface area contributed by atoms with Gasteiger partial charge in [0.1, 0.15) is 23.1 Å². The van der Waals surface area contributed by atoms with Gasteiger partial charge in [0, 0.05) is 47.6 Å². The maximum atomic E-state index is 6.63. The van der Waals surface area contributed by atoms with Gasteiger partial charge in [0.15, 0.2) is 5.58 Å². The van der Waals surface area contributed by atoms with Crippen LogP contribution in [0.1, 0.15) is 0 Å². The van der Waals surface area contributed by atoms with Crippen molar-refractivity contribution in [2.75, 3.05) is 0 Å². The monoisotopic (exact) mass is 745 g/mol. The Hall–Kier alpha value is -7.34. The summed E-state index contributed by atoms with van der Waals surface area (Å²) in [5.74, 6) is 0. The molecule has 0 fully saturated rings. The molecule has 0 aliphatic rings. The second kappa shape index (κ2) is 12.6. The molecule has 12 aromatic rings. The average Bonchev–Trinajstić information content (AvgIpc) is 3.96. The summed E-state index contributed by atoms with van der Waals surface area (Å²) < 4.78 is 11.5. The first-order chi connectivity index (χ1) is 28.2. The molecule has 0 unspecified atom stereocenters. The number of benzene rings is 8. The van der Waals surface area contributed by atoms with Gasteiger partial charge in [-0.25, -0.2) is 9.97 Å². The number of hydrogen-bond donors (Lipinski definition) is 0. The van der Waals surface area contributed by atoms with Gasteiger partial charge in [-0.15, -0.1) is 11.3 Å². The highest BCUT2D eigenvalue weighted by molar-refractivity contribution is 7.26. The Kier molecular flexibility index (Phi) is 7.06. The predicted molar refractivity (Wildman–Crippen MR) is 238 cm³/mol. The van der Waals surface area contributed by atoms with Crippen LogP contribution in [-0.2, 0) is 0 Å². The number of thiophene rings is 1. The van der Waals surface area contributed by atoms with Crippen LogP contribution in [0, 0.1) is 0 Å². The molecule has 4 nitrogen and oxygen atoms in total. The Morgan fingerprint density at radius 2 is 1.09 bits per heavy atom. The van der Waals surface area contributed by atoms with Crippen molar-refractivity contribution in [3.63, 3.8) is 0 Å². The van der Waals surface area contributed by atoms with E-state index in [0.717, 1.165) is 44.6 Å². The molecule has 266 valence electrons. The first-order valence-corrected chi connectivity index (χ1v) is 19.9. The third-order valence-electron chi connectivity index (χ3n) is 11.3. The summed E-state index contributed by atoms with van der Waals surface area (Å²) >= 11 is 1.81. The highest BCUT2D eigenvalue weighted by Crippen LogP contribution is 2.44. The lowest BCUT2D eigenvalue weighted by atomic mass is 9.98. The van der Waals surface area contributed by atoms with E-state index in [0.29, 0.717) is 5.58 Å². The van der Waals surface area contributed by atoms with Crippen LogP contribution < -0.4 is 0 Å². The topological polar surface area (TPSA) is 43.9 Å². The number of aromatic nitrogens is 3. The molecule has 0 spiro atoms. The van der Waals surface area contributed by atoms with Gasteiger partial charge in [-0.2, -0.15) is 0 Å². The molecule has 0 atom stereocenters. The SMILES string of the molecule is c1ccc(-c2ccc(-c3ccc4oc5c(-c6cccc7sc8ccc(-c9ccc%10c%11ccccc%11n(-c%11ccccc%11)c%10c9)cc8c67)ncnc5c4c3)cc2)cc1. The van der Waals surface area contributed by atoms with Gasteiger partial charge < -0.3 is 8.98 Å². The maximum Gasteiger partial charge on any atom is 0.180 e. The summed E-state index contributed by atoms with van der Waals surface area (Å²) in [5, 5.41) is 5.86. The second-order valence-corrected chi connectivity index (χ2v) is 15.7. The Labute approximate surface area is 331 Å². The fourth-order valence-electron chi connectivity index (χ4n) is 8.64. The molecule has 0 aliphatic carbocycles. The summed E-state index contributed by atoms with van der Waals surface area (Å²) in [4.78, 5) is 9.69. The molecule has 0 N–H and O–H groups in total. The Balaban J connectivity index is 0.985. The number of furan rings is 1. The van der Waals surface area contributed by atoms with Crippen LogP contribution in [0.2, 0.25) is 0 Å². The molecule has 0 saturated heterocycles. The quantitative estimate of drug-likeness (QED) is 0.176. The van der Waals surface area contributed by atoms with Gasteiger partial charge in [-0.05, 0) is 88.0 Å². The van der Waals surface area contributed by atoms with Crippen LogP contribution in [0.15, 0.2) is 193 Å². The van der Waals surface area contributed by atoms with Crippen molar-refractivity contribution in [3.8, 4) is 50.3 Å². The van der Waals surface area contributed by atoms with Crippen LogP contribution in [0.25, 0.3) is 114 Å². The summed E-state index contributed by atoms with van der Waals surface area (Å²) in [6, 6.07) is 65.1. The lowest BCUT2D eigenvalue weighted by Crippen LogP contribution is -1.93. The Morgan fingerprint density at radius 3 is 1.95 bits per heavy atom.